The molecule has 0 radical (unpaired) electrons. The molecule has 0 spiro atoms. The Morgan fingerprint density at radius 1 is 1.40 bits per heavy atom. The van der Waals surface area contributed by atoms with Crippen LogP contribution in [-0.4, -0.2) is 32.6 Å². The molecule has 0 amide bonds. The highest BCUT2D eigenvalue weighted by Gasteiger charge is 2.03. The van der Waals surface area contributed by atoms with Gasteiger partial charge in [-0.25, -0.2) is 4.79 Å². The molecule has 0 aliphatic heterocycles. The third kappa shape index (κ3) is 8.15. The lowest BCUT2D eigenvalue weighted by molar-refractivity contribution is -0.137. The van der Waals surface area contributed by atoms with Gasteiger partial charge in [-0.3, -0.25) is 0 Å². The molecule has 0 rings (SSSR count). The highest BCUT2D eigenvalue weighted by molar-refractivity contribution is 5.81. The van der Waals surface area contributed by atoms with Gasteiger partial charge in [0.15, 0.2) is 0 Å². The van der Waals surface area contributed by atoms with E-state index in [9.17, 15) is 4.79 Å². The second kappa shape index (κ2) is 9.68. The maximum Gasteiger partial charge on any atom is 0.330 e. The summed E-state index contributed by atoms with van der Waals surface area (Å²) in [5.41, 5.74) is 0. The molecule has 0 aromatic rings. The van der Waals surface area contributed by atoms with Gasteiger partial charge in [-0.15, -0.1) is 0 Å². The first kappa shape index (κ1) is 14.1. The Kier molecular flexibility index (Phi) is 9.11. The second-order valence-electron chi connectivity index (χ2n) is 2.99. The van der Waals surface area contributed by atoms with Crippen molar-refractivity contribution in [3.05, 3.63) is 12.2 Å². The molecular formula is C11H20O4. The predicted molar refractivity (Wildman–Crippen MR) is 57.4 cm³/mol. The van der Waals surface area contributed by atoms with Crippen LogP contribution >= 0.6 is 0 Å². The normalized spacial score (nSPS) is 13.0. The number of methoxy groups -OCH3 is 1. The Morgan fingerprint density at radius 2 is 2.13 bits per heavy atom. The van der Waals surface area contributed by atoms with Gasteiger partial charge in [0.05, 0.1) is 12.7 Å². The van der Waals surface area contributed by atoms with Gasteiger partial charge in [-0.05, 0) is 19.8 Å². The van der Waals surface area contributed by atoms with Crippen molar-refractivity contribution < 1.29 is 19.0 Å². The molecule has 0 aliphatic rings. The first-order chi connectivity index (χ1) is 7.24. The summed E-state index contributed by atoms with van der Waals surface area (Å²) in [7, 11) is 1.58. The summed E-state index contributed by atoms with van der Waals surface area (Å²) in [6, 6.07) is 0. The van der Waals surface area contributed by atoms with Crippen LogP contribution in [-0.2, 0) is 19.0 Å². The average molecular weight is 216 g/mol. The van der Waals surface area contributed by atoms with Crippen molar-refractivity contribution in [2.45, 2.75) is 32.8 Å². The SMILES string of the molecule is CCOC(=O)/C=C/C[C@H](CC)OCOC. The van der Waals surface area contributed by atoms with E-state index in [1.54, 1.807) is 20.1 Å². The van der Waals surface area contributed by atoms with Crippen LogP contribution < -0.4 is 0 Å². The number of esters is 1. The molecule has 4 nitrogen and oxygen atoms in total. The second-order valence-corrected chi connectivity index (χ2v) is 2.99. The fourth-order valence-electron chi connectivity index (χ4n) is 1.02. The summed E-state index contributed by atoms with van der Waals surface area (Å²) in [5.74, 6) is -0.306. The Bertz CT molecular complexity index is 189. The lowest BCUT2D eigenvalue weighted by Crippen LogP contribution is -2.12. The summed E-state index contributed by atoms with van der Waals surface area (Å²) >= 11 is 0. The molecule has 88 valence electrons. The summed E-state index contributed by atoms with van der Waals surface area (Å²) in [6.45, 7) is 4.49. The van der Waals surface area contributed by atoms with Crippen LogP contribution in [0.2, 0.25) is 0 Å². The fourth-order valence-corrected chi connectivity index (χ4v) is 1.02. The van der Waals surface area contributed by atoms with E-state index < -0.39 is 0 Å². The van der Waals surface area contributed by atoms with E-state index in [2.05, 4.69) is 0 Å². The van der Waals surface area contributed by atoms with Crippen molar-refractivity contribution in [2.24, 2.45) is 0 Å². The maximum absolute atomic E-state index is 11.0. The topological polar surface area (TPSA) is 44.8 Å². The zero-order valence-corrected chi connectivity index (χ0v) is 9.69. The first-order valence-electron chi connectivity index (χ1n) is 5.18. The van der Waals surface area contributed by atoms with Crippen molar-refractivity contribution in [1.82, 2.24) is 0 Å². The molecule has 1 atom stereocenters. The molecule has 15 heavy (non-hydrogen) atoms. The highest BCUT2D eigenvalue weighted by Crippen LogP contribution is 2.04. The molecule has 0 fully saturated rings. The quantitative estimate of drug-likeness (QED) is 0.353. The van der Waals surface area contributed by atoms with Gasteiger partial charge in [-0.1, -0.05) is 13.0 Å². The molecule has 0 aromatic heterocycles. The Morgan fingerprint density at radius 3 is 2.67 bits per heavy atom. The molecule has 0 heterocycles. The van der Waals surface area contributed by atoms with Crippen LogP contribution in [0.1, 0.15) is 26.7 Å². The van der Waals surface area contributed by atoms with Gasteiger partial charge in [0.2, 0.25) is 0 Å². The summed E-state index contributed by atoms with van der Waals surface area (Å²) in [5, 5.41) is 0. The minimum absolute atomic E-state index is 0.0932. The lowest BCUT2D eigenvalue weighted by Gasteiger charge is -2.12. The van der Waals surface area contributed by atoms with Gasteiger partial charge < -0.3 is 14.2 Å². The Labute approximate surface area is 91.2 Å². The molecule has 0 saturated heterocycles. The zero-order chi connectivity index (χ0) is 11.5. The smallest absolute Gasteiger partial charge is 0.330 e. The van der Waals surface area contributed by atoms with Crippen LogP contribution in [0.3, 0.4) is 0 Å². The average Bonchev–Trinajstić information content (AvgIpc) is 2.23. The molecular weight excluding hydrogens is 196 g/mol. The zero-order valence-electron chi connectivity index (χ0n) is 9.69. The summed E-state index contributed by atoms with van der Waals surface area (Å²) < 4.78 is 14.9. The van der Waals surface area contributed by atoms with Gasteiger partial charge in [0, 0.05) is 13.2 Å². The minimum atomic E-state index is -0.306. The summed E-state index contributed by atoms with van der Waals surface area (Å²) in [4.78, 5) is 11.0. The van der Waals surface area contributed by atoms with Crippen LogP contribution in [0.5, 0.6) is 0 Å². The molecule has 0 aromatic carbocycles. The predicted octanol–water partition coefficient (Wildman–Crippen LogP) is 1.89. The molecule has 0 unspecified atom stereocenters. The van der Waals surface area contributed by atoms with E-state index in [0.717, 1.165) is 6.42 Å². The van der Waals surface area contributed by atoms with Crippen LogP contribution in [0, 0.1) is 0 Å². The van der Waals surface area contributed by atoms with E-state index in [1.807, 2.05) is 6.92 Å². The van der Waals surface area contributed by atoms with E-state index in [0.29, 0.717) is 13.0 Å². The minimum Gasteiger partial charge on any atom is -0.463 e. The van der Waals surface area contributed by atoms with Crippen LogP contribution in [0.25, 0.3) is 0 Å². The highest BCUT2D eigenvalue weighted by atomic mass is 16.7. The van der Waals surface area contributed by atoms with Crippen LogP contribution in [0.15, 0.2) is 12.2 Å². The lowest BCUT2D eigenvalue weighted by atomic mass is 10.2. The molecule has 4 heteroatoms. The molecule has 0 aliphatic carbocycles. The van der Waals surface area contributed by atoms with E-state index >= 15 is 0 Å². The number of carbonyl (C=O) groups is 1. The van der Waals surface area contributed by atoms with E-state index in [1.165, 1.54) is 6.08 Å². The van der Waals surface area contributed by atoms with Crippen molar-refractivity contribution in [3.8, 4) is 0 Å². The molecule has 0 N–H and O–H groups in total. The number of rotatable bonds is 8. The Hall–Kier alpha value is -0.870. The Balaban J connectivity index is 3.73. The van der Waals surface area contributed by atoms with Crippen molar-refractivity contribution >= 4 is 5.97 Å². The van der Waals surface area contributed by atoms with Gasteiger partial charge in [-0.2, -0.15) is 0 Å². The molecule has 0 saturated carbocycles. The largest absolute Gasteiger partial charge is 0.463 e. The van der Waals surface area contributed by atoms with E-state index in [-0.39, 0.29) is 18.9 Å². The van der Waals surface area contributed by atoms with E-state index in [4.69, 9.17) is 14.2 Å². The van der Waals surface area contributed by atoms with Crippen molar-refractivity contribution in [2.75, 3.05) is 20.5 Å². The number of ether oxygens (including phenoxy) is 3. The number of hydrogen-bond acceptors (Lipinski definition) is 4. The third-order valence-corrected chi connectivity index (χ3v) is 1.82. The van der Waals surface area contributed by atoms with Gasteiger partial charge in [0.1, 0.15) is 6.79 Å². The monoisotopic (exact) mass is 216 g/mol. The standard InChI is InChI=1S/C11H20O4/c1-4-10(15-9-13-3)7-6-8-11(12)14-5-2/h6,8,10H,4-5,7,9H2,1-3H3/b8-6+/t10-/m0/s1. The summed E-state index contributed by atoms with van der Waals surface area (Å²) in [6.07, 6.45) is 4.87. The van der Waals surface area contributed by atoms with Crippen molar-refractivity contribution in [3.63, 3.8) is 0 Å². The first-order valence-corrected chi connectivity index (χ1v) is 5.18. The van der Waals surface area contributed by atoms with Gasteiger partial charge in [0.25, 0.3) is 0 Å². The van der Waals surface area contributed by atoms with Crippen molar-refractivity contribution in [1.29, 1.82) is 0 Å². The number of carbonyl (C=O) groups excluding carboxylic acids is 1. The van der Waals surface area contributed by atoms with Gasteiger partial charge >= 0.3 is 5.97 Å². The third-order valence-electron chi connectivity index (χ3n) is 1.82. The molecule has 0 bridgehead atoms. The maximum atomic E-state index is 11.0. The van der Waals surface area contributed by atoms with Crippen LogP contribution in [0.4, 0.5) is 0 Å². The number of hydrogen-bond donors (Lipinski definition) is 0. The fraction of sp³-hybridized carbons (Fsp3) is 0.727.